The first-order valence-corrected chi connectivity index (χ1v) is 6.18. The van der Waals surface area contributed by atoms with Crippen molar-refractivity contribution < 1.29 is 8.78 Å². The molecule has 1 aromatic heterocycles. The molecule has 0 aliphatic heterocycles. The first kappa shape index (κ1) is 13.7. The minimum atomic E-state index is -0.570. The van der Waals surface area contributed by atoms with Gasteiger partial charge in [0.1, 0.15) is 11.6 Å². The van der Waals surface area contributed by atoms with Crippen molar-refractivity contribution in [2.45, 2.75) is 20.4 Å². The average molecular weight is 265 g/mol. The molecule has 0 radical (unpaired) electrons. The van der Waals surface area contributed by atoms with Crippen LogP contribution in [0.3, 0.4) is 0 Å². The summed E-state index contributed by atoms with van der Waals surface area (Å²) in [5.74, 6) is -1.13. The van der Waals surface area contributed by atoms with E-state index in [0.29, 0.717) is 12.1 Å². The molecular weight excluding hydrogens is 248 g/mol. The second kappa shape index (κ2) is 5.48. The lowest BCUT2D eigenvalue weighted by Crippen LogP contribution is -2.16. The fourth-order valence-electron chi connectivity index (χ4n) is 2.21. The van der Waals surface area contributed by atoms with Crippen molar-refractivity contribution in [3.8, 4) is 11.1 Å². The number of rotatable bonds is 4. The van der Waals surface area contributed by atoms with Gasteiger partial charge in [-0.2, -0.15) is 5.10 Å². The number of nitrogens with one attached hydrogen (secondary N) is 1. The summed E-state index contributed by atoms with van der Waals surface area (Å²) in [6, 6.07) is 3.63. The van der Waals surface area contributed by atoms with Gasteiger partial charge in [0, 0.05) is 29.4 Å². The molecule has 1 aromatic carbocycles. The summed E-state index contributed by atoms with van der Waals surface area (Å²) in [5.41, 5.74) is 2.78. The van der Waals surface area contributed by atoms with Gasteiger partial charge in [-0.3, -0.25) is 4.68 Å². The maximum atomic E-state index is 13.9. The van der Waals surface area contributed by atoms with Crippen molar-refractivity contribution in [2.24, 2.45) is 0 Å². The quantitative estimate of drug-likeness (QED) is 0.921. The topological polar surface area (TPSA) is 29.9 Å². The maximum absolute atomic E-state index is 13.9. The SMILES string of the molecule is CNCCn1nc(C)c(-c2ccc(F)cc2F)c1C. The number of aryl methyl sites for hydroxylation is 1. The fourth-order valence-corrected chi connectivity index (χ4v) is 2.21. The van der Waals surface area contributed by atoms with E-state index in [2.05, 4.69) is 10.4 Å². The van der Waals surface area contributed by atoms with Crippen molar-refractivity contribution in [3.05, 3.63) is 41.2 Å². The van der Waals surface area contributed by atoms with Gasteiger partial charge in [0.2, 0.25) is 0 Å². The zero-order chi connectivity index (χ0) is 14.0. The molecule has 0 bridgehead atoms. The predicted molar refractivity (Wildman–Crippen MR) is 71.0 cm³/mol. The monoisotopic (exact) mass is 265 g/mol. The number of nitrogens with zero attached hydrogens (tertiary/aromatic N) is 2. The number of aromatic nitrogens is 2. The van der Waals surface area contributed by atoms with E-state index in [1.165, 1.54) is 12.1 Å². The molecule has 0 saturated heterocycles. The molecule has 0 atom stereocenters. The van der Waals surface area contributed by atoms with Crippen molar-refractivity contribution in [2.75, 3.05) is 13.6 Å². The largest absolute Gasteiger partial charge is 0.318 e. The van der Waals surface area contributed by atoms with Gasteiger partial charge in [-0.1, -0.05) is 0 Å². The van der Waals surface area contributed by atoms with Crippen molar-refractivity contribution in [1.29, 1.82) is 0 Å². The molecule has 0 amide bonds. The van der Waals surface area contributed by atoms with Crippen molar-refractivity contribution >= 4 is 0 Å². The third kappa shape index (κ3) is 2.66. The summed E-state index contributed by atoms with van der Waals surface area (Å²) in [6.45, 7) is 5.23. The van der Waals surface area contributed by atoms with Crippen LogP contribution in [0.4, 0.5) is 8.78 Å². The summed E-state index contributed by atoms with van der Waals surface area (Å²) >= 11 is 0. The zero-order valence-corrected chi connectivity index (χ0v) is 11.3. The predicted octanol–water partition coefficient (Wildman–Crippen LogP) is 2.66. The Balaban J connectivity index is 2.47. The molecule has 102 valence electrons. The molecule has 3 nitrogen and oxygen atoms in total. The van der Waals surface area contributed by atoms with Gasteiger partial charge in [0.25, 0.3) is 0 Å². The average Bonchev–Trinajstić information content (AvgIpc) is 2.63. The fraction of sp³-hybridized carbons (Fsp3) is 0.357. The molecule has 0 aliphatic carbocycles. The normalized spacial score (nSPS) is 11.0. The highest BCUT2D eigenvalue weighted by molar-refractivity contribution is 5.69. The molecule has 5 heteroatoms. The van der Waals surface area contributed by atoms with Gasteiger partial charge in [0.05, 0.1) is 12.2 Å². The van der Waals surface area contributed by atoms with Crippen LogP contribution < -0.4 is 5.32 Å². The van der Waals surface area contributed by atoms with Crippen LogP contribution in [0.15, 0.2) is 18.2 Å². The van der Waals surface area contributed by atoms with Gasteiger partial charge < -0.3 is 5.32 Å². The van der Waals surface area contributed by atoms with Crippen molar-refractivity contribution in [1.82, 2.24) is 15.1 Å². The lowest BCUT2D eigenvalue weighted by atomic mass is 10.0. The van der Waals surface area contributed by atoms with E-state index in [1.807, 2.05) is 25.6 Å². The third-order valence-electron chi connectivity index (χ3n) is 3.16. The Bertz CT molecular complexity index is 591. The molecule has 2 aromatic rings. The van der Waals surface area contributed by atoms with Crippen LogP contribution in [0.5, 0.6) is 0 Å². The second-order valence-corrected chi connectivity index (χ2v) is 4.50. The highest BCUT2D eigenvalue weighted by atomic mass is 19.1. The highest BCUT2D eigenvalue weighted by Gasteiger charge is 2.16. The standard InChI is InChI=1S/C14H17F2N3/c1-9-14(10(2)19(18-9)7-6-17-3)12-5-4-11(15)8-13(12)16/h4-5,8,17H,6-7H2,1-3H3. The Morgan fingerprint density at radius 1 is 1.26 bits per heavy atom. The van der Waals surface area contributed by atoms with E-state index in [1.54, 1.807) is 0 Å². The number of halogens is 2. The molecule has 0 aliphatic rings. The Morgan fingerprint density at radius 3 is 2.63 bits per heavy atom. The van der Waals surface area contributed by atoms with Gasteiger partial charge in [0.15, 0.2) is 0 Å². The summed E-state index contributed by atoms with van der Waals surface area (Å²) < 4.78 is 28.7. The number of hydrogen-bond acceptors (Lipinski definition) is 2. The van der Waals surface area contributed by atoms with Crippen LogP contribution in [0, 0.1) is 25.5 Å². The Morgan fingerprint density at radius 2 is 2.00 bits per heavy atom. The van der Waals surface area contributed by atoms with Crippen LogP contribution in [0.1, 0.15) is 11.4 Å². The number of hydrogen-bond donors (Lipinski definition) is 1. The minimum absolute atomic E-state index is 0.395. The van der Waals surface area contributed by atoms with E-state index >= 15 is 0 Å². The molecule has 0 fully saturated rings. The van der Waals surface area contributed by atoms with Crippen LogP contribution in [-0.2, 0) is 6.54 Å². The molecule has 1 heterocycles. The van der Waals surface area contributed by atoms with Crippen LogP contribution in [0.25, 0.3) is 11.1 Å². The van der Waals surface area contributed by atoms with Gasteiger partial charge in [-0.25, -0.2) is 8.78 Å². The molecule has 2 rings (SSSR count). The summed E-state index contributed by atoms with van der Waals surface area (Å²) in [4.78, 5) is 0. The summed E-state index contributed by atoms with van der Waals surface area (Å²) in [5, 5.41) is 7.45. The summed E-state index contributed by atoms with van der Waals surface area (Å²) in [6.07, 6.45) is 0. The van der Waals surface area contributed by atoms with Crippen LogP contribution >= 0.6 is 0 Å². The lowest BCUT2D eigenvalue weighted by Gasteiger charge is -2.06. The highest BCUT2D eigenvalue weighted by Crippen LogP contribution is 2.29. The van der Waals surface area contributed by atoms with Crippen molar-refractivity contribution in [3.63, 3.8) is 0 Å². The first-order chi connectivity index (χ1) is 9.04. The van der Waals surface area contributed by atoms with E-state index in [-0.39, 0.29) is 0 Å². The smallest absolute Gasteiger partial charge is 0.134 e. The molecular formula is C14H17F2N3. The Kier molecular flexibility index (Phi) is 3.95. The molecule has 19 heavy (non-hydrogen) atoms. The first-order valence-electron chi connectivity index (χ1n) is 6.18. The van der Waals surface area contributed by atoms with E-state index in [4.69, 9.17) is 0 Å². The van der Waals surface area contributed by atoms with Crippen LogP contribution in [0.2, 0.25) is 0 Å². The number of benzene rings is 1. The van der Waals surface area contributed by atoms with E-state index in [9.17, 15) is 8.78 Å². The van der Waals surface area contributed by atoms with Gasteiger partial charge in [-0.15, -0.1) is 0 Å². The molecule has 0 unspecified atom stereocenters. The van der Waals surface area contributed by atoms with E-state index < -0.39 is 11.6 Å². The Labute approximate surface area is 111 Å². The van der Waals surface area contributed by atoms with Gasteiger partial charge >= 0.3 is 0 Å². The summed E-state index contributed by atoms with van der Waals surface area (Å²) in [7, 11) is 1.87. The zero-order valence-electron chi connectivity index (χ0n) is 11.3. The Hall–Kier alpha value is -1.75. The molecule has 0 spiro atoms. The second-order valence-electron chi connectivity index (χ2n) is 4.50. The minimum Gasteiger partial charge on any atom is -0.318 e. The maximum Gasteiger partial charge on any atom is 0.134 e. The molecule has 0 saturated carbocycles. The van der Waals surface area contributed by atoms with Gasteiger partial charge in [-0.05, 0) is 33.0 Å². The van der Waals surface area contributed by atoms with E-state index in [0.717, 1.165) is 29.6 Å². The third-order valence-corrected chi connectivity index (χ3v) is 3.16. The molecule has 1 N–H and O–H groups in total. The van der Waals surface area contributed by atoms with Crippen LogP contribution in [-0.4, -0.2) is 23.4 Å². The number of likely N-dealkylation sites (N-methyl/N-ethyl adjacent to an activating group) is 1. The lowest BCUT2D eigenvalue weighted by molar-refractivity contribution is 0.568.